The van der Waals surface area contributed by atoms with E-state index in [2.05, 4.69) is 45.7 Å². The minimum atomic E-state index is 0.796. The standard InChI is InChI=1S/C11H14BrNS/c1-8(7-13-9-2-3-9)6-11-10(12)4-5-14-11/h4-6,9,13H,2-3,7H2,1H3/b8-6-. The molecule has 1 saturated carbocycles. The van der Waals surface area contributed by atoms with Crippen LogP contribution in [0.1, 0.15) is 24.6 Å². The Kier molecular flexibility index (Phi) is 3.42. The van der Waals surface area contributed by atoms with Gasteiger partial charge in [-0.05, 0) is 53.2 Å². The van der Waals surface area contributed by atoms with Crippen molar-refractivity contribution >= 4 is 33.3 Å². The van der Waals surface area contributed by atoms with Crippen LogP contribution in [0, 0.1) is 0 Å². The lowest BCUT2D eigenvalue weighted by Crippen LogP contribution is -2.18. The summed E-state index contributed by atoms with van der Waals surface area (Å²) in [6, 6.07) is 2.89. The molecule has 1 aromatic rings. The summed E-state index contributed by atoms with van der Waals surface area (Å²) in [5, 5.41) is 5.62. The van der Waals surface area contributed by atoms with Gasteiger partial charge >= 0.3 is 0 Å². The van der Waals surface area contributed by atoms with Gasteiger partial charge in [0.05, 0.1) is 0 Å². The minimum absolute atomic E-state index is 0.796. The molecule has 0 unspecified atom stereocenters. The first-order valence-electron chi connectivity index (χ1n) is 4.89. The molecule has 1 N–H and O–H groups in total. The van der Waals surface area contributed by atoms with Gasteiger partial charge in [-0.15, -0.1) is 11.3 Å². The van der Waals surface area contributed by atoms with Crippen LogP contribution in [0.5, 0.6) is 0 Å². The van der Waals surface area contributed by atoms with Crippen molar-refractivity contribution in [2.75, 3.05) is 6.54 Å². The van der Waals surface area contributed by atoms with Gasteiger partial charge in [-0.2, -0.15) is 0 Å². The van der Waals surface area contributed by atoms with E-state index in [0.717, 1.165) is 12.6 Å². The quantitative estimate of drug-likeness (QED) is 0.882. The molecule has 1 fully saturated rings. The Morgan fingerprint density at radius 3 is 3.07 bits per heavy atom. The van der Waals surface area contributed by atoms with E-state index in [-0.39, 0.29) is 0 Å². The van der Waals surface area contributed by atoms with Crippen LogP contribution in [-0.4, -0.2) is 12.6 Å². The lowest BCUT2D eigenvalue weighted by atomic mass is 10.2. The molecule has 1 aliphatic rings. The molecule has 0 saturated heterocycles. The molecular formula is C11H14BrNS. The molecule has 1 nitrogen and oxygen atoms in total. The van der Waals surface area contributed by atoms with E-state index in [1.165, 1.54) is 27.8 Å². The molecule has 1 aromatic heterocycles. The fraction of sp³-hybridized carbons (Fsp3) is 0.455. The maximum Gasteiger partial charge on any atom is 0.0412 e. The smallest absolute Gasteiger partial charge is 0.0412 e. The number of hydrogen-bond donors (Lipinski definition) is 1. The fourth-order valence-corrected chi connectivity index (χ4v) is 2.78. The average Bonchev–Trinajstić information content (AvgIpc) is 2.90. The molecule has 0 radical (unpaired) electrons. The van der Waals surface area contributed by atoms with Gasteiger partial charge in [-0.1, -0.05) is 5.57 Å². The van der Waals surface area contributed by atoms with Gasteiger partial charge < -0.3 is 5.32 Å². The highest BCUT2D eigenvalue weighted by Gasteiger charge is 2.19. The van der Waals surface area contributed by atoms with Crippen LogP contribution in [0.4, 0.5) is 0 Å². The van der Waals surface area contributed by atoms with Crippen molar-refractivity contribution in [1.82, 2.24) is 5.32 Å². The highest BCUT2D eigenvalue weighted by molar-refractivity contribution is 9.10. The predicted molar refractivity (Wildman–Crippen MR) is 66.7 cm³/mol. The Balaban J connectivity index is 1.91. The van der Waals surface area contributed by atoms with E-state index in [1.807, 2.05) is 0 Å². The zero-order valence-electron chi connectivity index (χ0n) is 8.22. The molecule has 1 aliphatic carbocycles. The minimum Gasteiger partial charge on any atom is -0.310 e. The zero-order valence-corrected chi connectivity index (χ0v) is 10.6. The van der Waals surface area contributed by atoms with E-state index in [1.54, 1.807) is 11.3 Å². The third kappa shape index (κ3) is 2.94. The van der Waals surface area contributed by atoms with Gasteiger partial charge in [-0.3, -0.25) is 0 Å². The van der Waals surface area contributed by atoms with Crippen LogP contribution in [0.15, 0.2) is 21.5 Å². The van der Waals surface area contributed by atoms with Crippen LogP contribution in [0.3, 0.4) is 0 Å². The molecule has 0 amide bonds. The van der Waals surface area contributed by atoms with Gasteiger partial charge in [0, 0.05) is 21.9 Å². The Morgan fingerprint density at radius 1 is 1.71 bits per heavy atom. The van der Waals surface area contributed by atoms with Gasteiger partial charge in [-0.25, -0.2) is 0 Å². The summed E-state index contributed by atoms with van der Waals surface area (Å²) >= 11 is 5.31. The molecular weight excluding hydrogens is 258 g/mol. The maximum absolute atomic E-state index is 3.53. The van der Waals surface area contributed by atoms with Crippen molar-refractivity contribution in [1.29, 1.82) is 0 Å². The van der Waals surface area contributed by atoms with E-state index in [9.17, 15) is 0 Å². The first kappa shape index (κ1) is 10.4. The third-order valence-electron chi connectivity index (χ3n) is 2.27. The summed E-state index contributed by atoms with van der Waals surface area (Å²) in [6.07, 6.45) is 4.97. The van der Waals surface area contributed by atoms with Crippen LogP contribution < -0.4 is 5.32 Å². The highest BCUT2D eigenvalue weighted by Crippen LogP contribution is 2.25. The van der Waals surface area contributed by atoms with E-state index in [0.29, 0.717) is 0 Å². The summed E-state index contributed by atoms with van der Waals surface area (Å²) in [6.45, 7) is 3.20. The van der Waals surface area contributed by atoms with E-state index >= 15 is 0 Å². The first-order chi connectivity index (χ1) is 6.75. The molecule has 0 aromatic carbocycles. The Bertz CT molecular complexity index is 339. The van der Waals surface area contributed by atoms with Crippen molar-refractivity contribution in [3.05, 3.63) is 26.4 Å². The summed E-state index contributed by atoms with van der Waals surface area (Å²) in [5.41, 5.74) is 1.40. The second kappa shape index (κ2) is 4.60. The van der Waals surface area contributed by atoms with Gasteiger partial charge in [0.25, 0.3) is 0 Å². The SMILES string of the molecule is C/C(=C/c1sccc1Br)CNC1CC1. The molecule has 14 heavy (non-hydrogen) atoms. The summed E-state index contributed by atoms with van der Waals surface area (Å²) < 4.78 is 1.20. The molecule has 3 heteroatoms. The second-order valence-corrected chi connectivity index (χ2v) is 5.58. The van der Waals surface area contributed by atoms with Crippen LogP contribution in [-0.2, 0) is 0 Å². The van der Waals surface area contributed by atoms with Crippen molar-refractivity contribution < 1.29 is 0 Å². The van der Waals surface area contributed by atoms with Gasteiger partial charge in [0.2, 0.25) is 0 Å². The van der Waals surface area contributed by atoms with Crippen molar-refractivity contribution in [3.63, 3.8) is 0 Å². The van der Waals surface area contributed by atoms with Crippen molar-refractivity contribution in [3.8, 4) is 0 Å². The molecule has 0 spiro atoms. The third-order valence-corrected chi connectivity index (χ3v) is 4.09. The number of rotatable bonds is 4. The number of nitrogens with one attached hydrogen (secondary N) is 1. The summed E-state index contributed by atoms with van der Waals surface area (Å²) in [7, 11) is 0. The predicted octanol–water partition coefficient (Wildman–Crippen LogP) is 3.67. The van der Waals surface area contributed by atoms with Crippen molar-refractivity contribution in [2.24, 2.45) is 0 Å². The van der Waals surface area contributed by atoms with Crippen LogP contribution >= 0.6 is 27.3 Å². The number of hydrogen-bond acceptors (Lipinski definition) is 2. The Hall–Kier alpha value is -0.120. The average molecular weight is 272 g/mol. The largest absolute Gasteiger partial charge is 0.310 e. The highest BCUT2D eigenvalue weighted by atomic mass is 79.9. The maximum atomic E-state index is 3.53. The molecule has 76 valence electrons. The number of thiophene rings is 1. The topological polar surface area (TPSA) is 12.0 Å². The van der Waals surface area contributed by atoms with Crippen LogP contribution in [0.2, 0.25) is 0 Å². The molecule has 0 atom stereocenters. The van der Waals surface area contributed by atoms with E-state index < -0.39 is 0 Å². The lowest BCUT2D eigenvalue weighted by Gasteiger charge is -2.02. The summed E-state index contributed by atoms with van der Waals surface area (Å²) in [4.78, 5) is 1.32. The number of halogens is 1. The summed E-state index contributed by atoms with van der Waals surface area (Å²) in [5.74, 6) is 0. The van der Waals surface area contributed by atoms with Crippen LogP contribution in [0.25, 0.3) is 6.08 Å². The molecule has 2 rings (SSSR count). The Morgan fingerprint density at radius 2 is 2.50 bits per heavy atom. The fourth-order valence-electron chi connectivity index (χ4n) is 1.28. The lowest BCUT2D eigenvalue weighted by molar-refractivity contribution is 0.736. The molecule has 1 heterocycles. The molecule has 0 bridgehead atoms. The zero-order chi connectivity index (χ0) is 9.97. The van der Waals surface area contributed by atoms with Gasteiger partial charge in [0.15, 0.2) is 0 Å². The first-order valence-corrected chi connectivity index (χ1v) is 6.56. The normalized spacial score (nSPS) is 17.4. The Labute approximate surface area is 97.3 Å². The van der Waals surface area contributed by atoms with E-state index in [4.69, 9.17) is 0 Å². The van der Waals surface area contributed by atoms with Crippen molar-refractivity contribution in [2.45, 2.75) is 25.8 Å². The van der Waals surface area contributed by atoms with Gasteiger partial charge in [0.1, 0.15) is 0 Å². The monoisotopic (exact) mass is 271 g/mol. The molecule has 0 aliphatic heterocycles. The second-order valence-electron chi connectivity index (χ2n) is 3.78.